The minimum absolute atomic E-state index is 0.0199. The number of alkyl halides is 3. The largest absolute Gasteiger partial charge is 0.411 e. The van der Waals surface area contributed by atoms with E-state index in [0.717, 1.165) is 5.39 Å². The number of rotatable bonds is 5. The van der Waals surface area contributed by atoms with Gasteiger partial charge < -0.3 is 15.0 Å². The van der Waals surface area contributed by atoms with Crippen molar-refractivity contribution in [3.8, 4) is 0 Å². The van der Waals surface area contributed by atoms with Crippen LogP contribution >= 0.6 is 0 Å². The van der Waals surface area contributed by atoms with E-state index in [0.29, 0.717) is 11.1 Å². The number of hydrogen-bond donors (Lipinski definition) is 2. The van der Waals surface area contributed by atoms with Crippen LogP contribution in [-0.2, 0) is 4.74 Å². The second kappa shape index (κ2) is 5.96. The molecule has 2 N–H and O–H groups in total. The zero-order chi connectivity index (χ0) is 14.6. The van der Waals surface area contributed by atoms with Crippen LogP contribution in [-0.4, -0.2) is 36.8 Å². The molecule has 2 aromatic rings. The van der Waals surface area contributed by atoms with Gasteiger partial charge in [-0.1, -0.05) is 12.1 Å². The van der Waals surface area contributed by atoms with Crippen LogP contribution in [0.3, 0.4) is 0 Å². The van der Waals surface area contributed by atoms with Crippen LogP contribution in [0.1, 0.15) is 10.4 Å². The normalized spacial score (nSPS) is 11.8. The number of H-pyrrole nitrogens is 1. The third kappa shape index (κ3) is 3.74. The highest BCUT2D eigenvalue weighted by molar-refractivity contribution is 6.05. The number of carbonyl (C=O) groups is 1. The van der Waals surface area contributed by atoms with Crippen LogP contribution in [0.15, 0.2) is 30.5 Å². The number of ether oxygens (including phenoxy) is 1. The molecule has 0 spiro atoms. The summed E-state index contributed by atoms with van der Waals surface area (Å²) in [6.07, 6.45) is -2.63. The van der Waals surface area contributed by atoms with Crippen LogP contribution in [0.2, 0.25) is 0 Å². The summed E-state index contributed by atoms with van der Waals surface area (Å²) in [6.45, 7) is -1.48. The predicted molar refractivity (Wildman–Crippen MR) is 67.5 cm³/mol. The quantitative estimate of drug-likeness (QED) is 0.830. The van der Waals surface area contributed by atoms with E-state index in [1.165, 1.54) is 0 Å². The van der Waals surface area contributed by atoms with Crippen molar-refractivity contribution in [2.75, 3.05) is 19.8 Å². The molecule has 1 aromatic heterocycles. The zero-order valence-corrected chi connectivity index (χ0v) is 10.5. The predicted octanol–water partition coefficient (Wildman–Crippen LogP) is 2.48. The molecule has 2 rings (SSSR count). The Bertz CT molecular complexity index is 593. The SMILES string of the molecule is O=C(NCCOCC(F)(F)F)c1cccc2cc[nH]c12. The molecule has 0 aliphatic heterocycles. The van der Waals surface area contributed by atoms with Crippen LogP contribution in [0.5, 0.6) is 0 Å². The fraction of sp³-hybridized carbons (Fsp3) is 0.308. The minimum Gasteiger partial charge on any atom is -0.370 e. The maximum Gasteiger partial charge on any atom is 0.411 e. The van der Waals surface area contributed by atoms with Gasteiger partial charge in [0.25, 0.3) is 5.91 Å². The second-order valence-electron chi connectivity index (χ2n) is 4.17. The summed E-state index contributed by atoms with van der Waals surface area (Å²) in [4.78, 5) is 14.9. The van der Waals surface area contributed by atoms with E-state index in [2.05, 4.69) is 15.0 Å². The first-order valence-electron chi connectivity index (χ1n) is 5.96. The lowest BCUT2D eigenvalue weighted by atomic mass is 10.1. The molecule has 108 valence electrons. The lowest BCUT2D eigenvalue weighted by Gasteiger charge is -2.09. The zero-order valence-electron chi connectivity index (χ0n) is 10.5. The lowest BCUT2D eigenvalue weighted by molar-refractivity contribution is -0.173. The summed E-state index contributed by atoms with van der Waals surface area (Å²) in [5, 5.41) is 3.41. The van der Waals surface area contributed by atoms with Crippen LogP contribution in [0.25, 0.3) is 10.9 Å². The van der Waals surface area contributed by atoms with Crippen LogP contribution in [0, 0.1) is 0 Å². The molecule has 4 nitrogen and oxygen atoms in total. The fourth-order valence-corrected chi connectivity index (χ4v) is 1.79. The van der Waals surface area contributed by atoms with Crippen molar-refractivity contribution in [3.63, 3.8) is 0 Å². The van der Waals surface area contributed by atoms with Gasteiger partial charge in [0.15, 0.2) is 0 Å². The summed E-state index contributed by atoms with van der Waals surface area (Å²) >= 11 is 0. The third-order valence-corrected chi connectivity index (χ3v) is 2.63. The maximum absolute atomic E-state index is 11.9. The number of amides is 1. The highest BCUT2D eigenvalue weighted by atomic mass is 19.4. The van der Waals surface area contributed by atoms with Gasteiger partial charge in [-0.3, -0.25) is 4.79 Å². The summed E-state index contributed by atoms with van der Waals surface area (Å²) in [6, 6.07) is 7.07. The average molecular weight is 286 g/mol. The van der Waals surface area contributed by atoms with Crippen molar-refractivity contribution >= 4 is 16.8 Å². The van der Waals surface area contributed by atoms with Gasteiger partial charge in [-0.15, -0.1) is 0 Å². The van der Waals surface area contributed by atoms with E-state index in [4.69, 9.17) is 0 Å². The Kier molecular flexibility index (Phi) is 4.29. The first-order chi connectivity index (χ1) is 9.47. The molecule has 0 radical (unpaired) electrons. The van der Waals surface area contributed by atoms with Gasteiger partial charge in [-0.25, -0.2) is 0 Å². The van der Waals surface area contributed by atoms with Crippen molar-refractivity contribution in [1.82, 2.24) is 10.3 Å². The van der Waals surface area contributed by atoms with Crippen molar-refractivity contribution in [1.29, 1.82) is 0 Å². The van der Waals surface area contributed by atoms with Gasteiger partial charge in [0.2, 0.25) is 0 Å². The van der Waals surface area contributed by atoms with Gasteiger partial charge in [-0.05, 0) is 12.1 Å². The Morgan fingerprint density at radius 1 is 1.30 bits per heavy atom. The summed E-state index contributed by atoms with van der Waals surface area (Å²) < 4.78 is 39.9. The third-order valence-electron chi connectivity index (χ3n) is 2.63. The number of hydrogen-bond acceptors (Lipinski definition) is 2. The minimum atomic E-state index is -4.35. The topological polar surface area (TPSA) is 54.1 Å². The molecular formula is C13H13F3N2O2. The van der Waals surface area contributed by atoms with Gasteiger partial charge >= 0.3 is 6.18 Å². The molecule has 1 aromatic carbocycles. The summed E-state index contributed by atoms with van der Waals surface area (Å²) in [7, 11) is 0. The van der Waals surface area contributed by atoms with E-state index in [1.807, 2.05) is 12.1 Å². The molecule has 0 saturated heterocycles. The van der Waals surface area contributed by atoms with Crippen molar-refractivity contribution in [2.24, 2.45) is 0 Å². The van der Waals surface area contributed by atoms with Gasteiger partial charge in [-0.2, -0.15) is 13.2 Å². The van der Waals surface area contributed by atoms with E-state index < -0.39 is 12.8 Å². The van der Waals surface area contributed by atoms with E-state index >= 15 is 0 Å². The van der Waals surface area contributed by atoms with Crippen molar-refractivity contribution < 1.29 is 22.7 Å². The molecule has 1 amide bonds. The standard InChI is InChI=1S/C13H13F3N2O2/c14-13(15,16)8-20-7-6-18-12(19)10-3-1-2-9-4-5-17-11(9)10/h1-5,17H,6-8H2,(H,18,19). The molecular weight excluding hydrogens is 273 g/mol. The van der Waals surface area contributed by atoms with Crippen molar-refractivity contribution in [2.45, 2.75) is 6.18 Å². The molecule has 20 heavy (non-hydrogen) atoms. The molecule has 0 atom stereocenters. The fourth-order valence-electron chi connectivity index (χ4n) is 1.79. The Hall–Kier alpha value is -2.02. The lowest BCUT2D eigenvalue weighted by Crippen LogP contribution is -2.29. The number of fused-ring (bicyclic) bond motifs is 1. The maximum atomic E-state index is 11.9. The molecule has 1 heterocycles. The van der Waals surface area contributed by atoms with E-state index in [-0.39, 0.29) is 19.1 Å². The Morgan fingerprint density at radius 3 is 2.85 bits per heavy atom. The van der Waals surface area contributed by atoms with Crippen LogP contribution < -0.4 is 5.32 Å². The van der Waals surface area contributed by atoms with Crippen molar-refractivity contribution in [3.05, 3.63) is 36.0 Å². The Labute approximate surface area is 112 Å². The first kappa shape index (κ1) is 14.4. The highest BCUT2D eigenvalue weighted by Crippen LogP contribution is 2.16. The molecule has 0 saturated carbocycles. The molecule has 0 aliphatic rings. The summed E-state index contributed by atoms with van der Waals surface area (Å²) in [5.74, 6) is -0.353. The number of aromatic nitrogens is 1. The number of carbonyl (C=O) groups excluding carboxylic acids is 1. The smallest absolute Gasteiger partial charge is 0.370 e. The number of para-hydroxylation sites is 1. The highest BCUT2D eigenvalue weighted by Gasteiger charge is 2.27. The average Bonchev–Trinajstić information content (AvgIpc) is 2.84. The van der Waals surface area contributed by atoms with Gasteiger partial charge in [0, 0.05) is 18.1 Å². The van der Waals surface area contributed by atoms with Gasteiger partial charge in [0.05, 0.1) is 17.7 Å². The molecule has 0 bridgehead atoms. The summed E-state index contributed by atoms with van der Waals surface area (Å²) in [5.41, 5.74) is 1.14. The Balaban J connectivity index is 1.85. The van der Waals surface area contributed by atoms with Crippen LogP contribution in [0.4, 0.5) is 13.2 Å². The molecule has 0 fully saturated rings. The van der Waals surface area contributed by atoms with Gasteiger partial charge in [0.1, 0.15) is 6.61 Å². The number of benzene rings is 1. The number of halogens is 3. The van der Waals surface area contributed by atoms with E-state index in [9.17, 15) is 18.0 Å². The number of nitrogens with one attached hydrogen (secondary N) is 2. The monoisotopic (exact) mass is 286 g/mol. The number of aromatic amines is 1. The second-order valence-corrected chi connectivity index (χ2v) is 4.17. The molecule has 0 unspecified atom stereocenters. The first-order valence-corrected chi connectivity index (χ1v) is 5.96. The van der Waals surface area contributed by atoms with E-state index in [1.54, 1.807) is 18.3 Å². The Morgan fingerprint density at radius 2 is 2.10 bits per heavy atom. The molecule has 7 heteroatoms. The molecule has 0 aliphatic carbocycles.